The van der Waals surface area contributed by atoms with Crippen molar-refractivity contribution < 1.29 is 19.3 Å². The predicted octanol–water partition coefficient (Wildman–Crippen LogP) is 0.904. The first-order chi connectivity index (χ1) is 14.0. The molecule has 7 nitrogen and oxygen atoms in total. The molecule has 0 bridgehead atoms. The highest BCUT2D eigenvalue weighted by Crippen LogP contribution is 2.31. The number of carbonyl (C=O) groups is 3. The molecule has 0 aliphatic carbocycles. The van der Waals surface area contributed by atoms with Gasteiger partial charge in [0.2, 0.25) is 0 Å². The maximum atomic E-state index is 13.2. The lowest BCUT2D eigenvalue weighted by Crippen LogP contribution is -3.16. The number of thiophene rings is 1. The van der Waals surface area contributed by atoms with Crippen LogP contribution in [0.5, 0.6) is 0 Å². The van der Waals surface area contributed by atoms with Crippen LogP contribution in [-0.2, 0) is 10.3 Å². The molecule has 2 aliphatic heterocycles. The van der Waals surface area contributed by atoms with E-state index in [0.717, 1.165) is 15.3 Å². The number of piperazine rings is 1. The van der Waals surface area contributed by atoms with Gasteiger partial charge in [0.05, 0.1) is 31.1 Å². The molecule has 8 heteroatoms. The van der Waals surface area contributed by atoms with Gasteiger partial charge in [-0.1, -0.05) is 43.3 Å². The molecule has 2 saturated heterocycles. The lowest BCUT2D eigenvalue weighted by molar-refractivity contribution is -0.911. The number of imide groups is 1. The van der Waals surface area contributed by atoms with Crippen LogP contribution in [0.2, 0.25) is 0 Å². The van der Waals surface area contributed by atoms with Crippen LogP contribution < -0.4 is 10.2 Å². The highest BCUT2D eigenvalue weighted by molar-refractivity contribution is 7.12. The molecule has 152 valence electrons. The zero-order valence-corrected chi connectivity index (χ0v) is 17.2. The Balaban J connectivity index is 1.41. The summed E-state index contributed by atoms with van der Waals surface area (Å²) in [5, 5.41) is 4.83. The van der Waals surface area contributed by atoms with E-state index in [1.54, 1.807) is 0 Å². The maximum absolute atomic E-state index is 13.2. The van der Waals surface area contributed by atoms with E-state index in [1.165, 1.54) is 16.2 Å². The minimum absolute atomic E-state index is 0.0584. The van der Waals surface area contributed by atoms with Crippen LogP contribution in [0.4, 0.5) is 4.79 Å². The molecule has 2 aromatic rings. The Kier molecular flexibility index (Phi) is 5.38. The van der Waals surface area contributed by atoms with Crippen LogP contribution in [0.3, 0.4) is 0 Å². The SMILES string of the molecule is CC[C@]1(c2ccccc2)NC(=O)N(C[NH+]2CCN(C(=O)c3cccs3)CC2)C1=O. The Labute approximate surface area is 173 Å². The highest BCUT2D eigenvalue weighted by Gasteiger charge is 2.52. The molecule has 29 heavy (non-hydrogen) atoms. The van der Waals surface area contributed by atoms with Gasteiger partial charge in [-0.3, -0.25) is 9.59 Å². The third-order valence-corrected chi connectivity index (χ3v) is 6.70. The van der Waals surface area contributed by atoms with Gasteiger partial charge in [-0.2, -0.15) is 0 Å². The molecular formula is C21H25N4O3S+. The zero-order chi connectivity index (χ0) is 20.4. The minimum Gasteiger partial charge on any atom is -0.327 e. The number of nitrogens with one attached hydrogen (secondary N) is 2. The molecule has 0 radical (unpaired) electrons. The fourth-order valence-electron chi connectivity index (χ4n) is 4.10. The molecule has 3 heterocycles. The van der Waals surface area contributed by atoms with Gasteiger partial charge >= 0.3 is 6.03 Å². The second kappa shape index (κ2) is 7.96. The second-order valence-electron chi connectivity index (χ2n) is 7.47. The Bertz CT molecular complexity index is 894. The number of carbonyl (C=O) groups excluding carboxylic acids is 3. The second-order valence-corrected chi connectivity index (χ2v) is 8.41. The van der Waals surface area contributed by atoms with Gasteiger partial charge in [-0.15, -0.1) is 11.3 Å². The van der Waals surface area contributed by atoms with Gasteiger partial charge in [-0.05, 0) is 23.4 Å². The van der Waals surface area contributed by atoms with Crippen molar-refractivity contribution in [2.24, 2.45) is 0 Å². The average Bonchev–Trinajstić information content (AvgIpc) is 3.38. The van der Waals surface area contributed by atoms with Crippen molar-refractivity contribution >= 4 is 29.2 Å². The summed E-state index contributed by atoms with van der Waals surface area (Å²) < 4.78 is 0. The van der Waals surface area contributed by atoms with Gasteiger partial charge < -0.3 is 15.1 Å². The number of nitrogens with zero attached hydrogens (tertiary/aromatic N) is 2. The fourth-order valence-corrected chi connectivity index (χ4v) is 4.79. The van der Waals surface area contributed by atoms with Crippen molar-refractivity contribution in [1.29, 1.82) is 0 Å². The first kappa shape index (κ1) is 19.6. The Hall–Kier alpha value is -2.71. The zero-order valence-electron chi connectivity index (χ0n) is 16.4. The van der Waals surface area contributed by atoms with Gasteiger partial charge in [0.25, 0.3) is 11.8 Å². The molecule has 2 fully saturated rings. The topological polar surface area (TPSA) is 74.2 Å². The van der Waals surface area contributed by atoms with E-state index in [1.807, 2.05) is 59.7 Å². The molecule has 2 N–H and O–H groups in total. The van der Waals surface area contributed by atoms with Crippen LogP contribution in [0, 0.1) is 0 Å². The van der Waals surface area contributed by atoms with E-state index in [-0.39, 0.29) is 17.8 Å². The third kappa shape index (κ3) is 3.54. The summed E-state index contributed by atoms with van der Waals surface area (Å²) in [6.07, 6.45) is 0.497. The molecule has 2 aliphatic rings. The number of rotatable bonds is 5. The number of quaternary nitrogens is 1. The molecule has 0 saturated carbocycles. The van der Waals surface area contributed by atoms with Crippen molar-refractivity contribution in [1.82, 2.24) is 15.1 Å². The first-order valence-electron chi connectivity index (χ1n) is 9.91. The Morgan fingerprint density at radius 1 is 1.14 bits per heavy atom. The van der Waals surface area contributed by atoms with E-state index in [4.69, 9.17) is 0 Å². The summed E-state index contributed by atoms with van der Waals surface area (Å²) in [4.78, 5) is 43.4. The van der Waals surface area contributed by atoms with Gasteiger partial charge in [0.15, 0.2) is 6.67 Å². The normalized spacial score (nSPS) is 22.8. The van der Waals surface area contributed by atoms with Crippen molar-refractivity contribution in [2.75, 3.05) is 32.8 Å². The summed E-state index contributed by atoms with van der Waals surface area (Å²) in [6.45, 7) is 4.88. The molecule has 0 unspecified atom stereocenters. The largest absolute Gasteiger partial charge is 0.329 e. The standard InChI is InChI=1S/C21H24N4O3S/c1-2-21(16-7-4-3-5-8-16)19(27)25(20(28)22-21)15-23-10-12-24(13-11-23)18(26)17-9-6-14-29-17/h3-9,14H,2,10-13,15H2,1H3,(H,22,28)/p+1/t21-/m1/s1. The van der Waals surface area contributed by atoms with E-state index in [9.17, 15) is 14.4 Å². The molecular weight excluding hydrogens is 388 g/mol. The smallest absolute Gasteiger partial charge is 0.327 e. The molecule has 1 aromatic heterocycles. The van der Waals surface area contributed by atoms with Crippen molar-refractivity contribution in [3.63, 3.8) is 0 Å². The minimum atomic E-state index is -0.991. The van der Waals surface area contributed by atoms with Crippen LogP contribution >= 0.6 is 11.3 Å². The van der Waals surface area contributed by atoms with E-state index < -0.39 is 5.54 Å². The van der Waals surface area contributed by atoms with Crippen molar-refractivity contribution in [3.05, 3.63) is 58.3 Å². The summed E-state index contributed by atoms with van der Waals surface area (Å²) in [5.41, 5.74) is -0.181. The van der Waals surface area contributed by atoms with E-state index >= 15 is 0 Å². The van der Waals surface area contributed by atoms with Crippen molar-refractivity contribution in [2.45, 2.75) is 18.9 Å². The molecule has 1 atom stereocenters. The lowest BCUT2D eigenvalue weighted by Gasteiger charge is -2.33. The summed E-state index contributed by atoms with van der Waals surface area (Å²) in [6, 6.07) is 12.8. The molecule has 1 aromatic carbocycles. The third-order valence-electron chi connectivity index (χ3n) is 5.84. The molecule has 0 spiro atoms. The van der Waals surface area contributed by atoms with Crippen LogP contribution in [0.1, 0.15) is 28.6 Å². The van der Waals surface area contributed by atoms with Crippen LogP contribution in [0.25, 0.3) is 0 Å². The molecule has 4 rings (SSSR count). The number of amides is 4. The quantitative estimate of drug-likeness (QED) is 0.716. The van der Waals surface area contributed by atoms with Gasteiger partial charge in [0, 0.05) is 0 Å². The maximum Gasteiger partial charge on any atom is 0.329 e. The number of benzene rings is 1. The van der Waals surface area contributed by atoms with Gasteiger partial charge in [-0.25, -0.2) is 9.69 Å². The van der Waals surface area contributed by atoms with Crippen LogP contribution in [-0.4, -0.2) is 60.5 Å². The van der Waals surface area contributed by atoms with Gasteiger partial charge in [0.1, 0.15) is 5.54 Å². The summed E-state index contributed by atoms with van der Waals surface area (Å²) in [5.74, 6) is -0.135. The Morgan fingerprint density at radius 3 is 2.48 bits per heavy atom. The average molecular weight is 414 g/mol. The lowest BCUT2D eigenvalue weighted by atomic mass is 9.87. The monoisotopic (exact) mass is 413 g/mol. The summed E-state index contributed by atoms with van der Waals surface area (Å²) >= 11 is 1.45. The first-order valence-corrected chi connectivity index (χ1v) is 10.8. The number of hydrogen-bond acceptors (Lipinski definition) is 4. The highest BCUT2D eigenvalue weighted by atomic mass is 32.1. The van der Waals surface area contributed by atoms with E-state index in [0.29, 0.717) is 39.3 Å². The van der Waals surface area contributed by atoms with E-state index in [2.05, 4.69) is 5.32 Å². The number of urea groups is 1. The Morgan fingerprint density at radius 2 is 1.86 bits per heavy atom. The number of hydrogen-bond donors (Lipinski definition) is 2. The van der Waals surface area contributed by atoms with Crippen molar-refractivity contribution in [3.8, 4) is 0 Å². The molecule has 4 amide bonds. The predicted molar refractivity (Wildman–Crippen MR) is 110 cm³/mol. The van der Waals surface area contributed by atoms with Crippen LogP contribution in [0.15, 0.2) is 47.8 Å². The summed E-state index contributed by atoms with van der Waals surface area (Å²) in [7, 11) is 0. The fraction of sp³-hybridized carbons (Fsp3) is 0.381.